The first-order valence-electron chi connectivity index (χ1n) is 6.32. The van der Waals surface area contributed by atoms with Crippen LogP contribution in [0.2, 0.25) is 0 Å². The molecule has 0 saturated heterocycles. The molecule has 106 valence electrons. The highest BCUT2D eigenvalue weighted by molar-refractivity contribution is 5.80. The predicted octanol–water partition coefficient (Wildman–Crippen LogP) is 1.19. The van der Waals surface area contributed by atoms with Gasteiger partial charge in [-0.2, -0.15) is 0 Å². The first-order chi connectivity index (χ1) is 9.06. The standard InChI is InChI=1S/C14H22N2O3/c1-10(15-3)9-16-14(17)11(2)19-13-7-5-12(18-4)6-8-13/h5-8,10-11,15H,9H2,1-4H3,(H,16,17). The van der Waals surface area contributed by atoms with Gasteiger partial charge < -0.3 is 20.1 Å². The molecule has 2 N–H and O–H groups in total. The maximum absolute atomic E-state index is 11.8. The minimum atomic E-state index is -0.530. The molecule has 5 heteroatoms. The van der Waals surface area contributed by atoms with Gasteiger partial charge in [-0.1, -0.05) is 0 Å². The van der Waals surface area contributed by atoms with E-state index in [2.05, 4.69) is 10.6 Å². The molecule has 5 nitrogen and oxygen atoms in total. The summed E-state index contributed by atoms with van der Waals surface area (Å²) in [6.45, 7) is 4.30. The molecule has 0 fully saturated rings. The van der Waals surface area contributed by atoms with Crippen LogP contribution in [0.15, 0.2) is 24.3 Å². The smallest absolute Gasteiger partial charge is 0.260 e. The maximum Gasteiger partial charge on any atom is 0.260 e. The number of carbonyl (C=O) groups is 1. The van der Waals surface area contributed by atoms with Gasteiger partial charge in [0.2, 0.25) is 0 Å². The number of carbonyl (C=O) groups excluding carboxylic acids is 1. The van der Waals surface area contributed by atoms with Crippen LogP contribution in [0.5, 0.6) is 11.5 Å². The molecule has 0 saturated carbocycles. The molecule has 19 heavy (non-hydrogen) atoms. The van der Waals surface area contributed by atoms with E-state index in [-0.39, 0.29) is 11.9 Å². The molecule has 1 amide bonds. The fourth-order valence-electron chi connectivity index (χ4n) is 1.41. The number of hydrogen-bond donors (Lipinski definition) is 2. The first kappa shape index (κ1) is 15.3. The Morgan fingerprint density at radius 2 is 1.79 bits per heavy atom. The highest BCUT2D eigenvalue weighted by Gasteiger charge is 2.14. The van der Waals surface area contributed by atoms with Crippen molar-refractivity contribution in [1.29, 1.82) is 0 Å². The highest BCUT2D eigenvalue weighted by atomic mass is 16.5. The van der Waals surface area contributed by atoms with E-state index in [0.717, 1.165) is 5.75 Å². The molecule has 0 aliphatic rings. The lowest BCUT2D eigenvalue weighted by Crippen LogP contribution is -2.42. The van der Waals surface area contributed by atoms with Crippen molar-refractivity contribution < 1.29 is 14.3 Å². The molecular weight excluding hydrogens is 244 g/mol. The number of nitrogens with one attached hydrogen (secondary N) is 2. The third-order valence-corrected chi connectivity index (χ3v) is 2.82. The van der Waals surface area contributed by atoms with E-state index in [4.69, 9.17) is 9.47 Å². The Balaban J connectivity index is 2.44. The fraction of sp³-hybridized carbons (Fsp3) is 0.500. The van der Waals surface area contributed by atoms with Gasteiger partial charge in [-0.25, -0.2) is 0 Å². The van der Waals surface area contributed by atoms with Gasteiger partial charge in [-0.3, -0.25) is 4.79 Å². The summed E-state index contributed by atoms with van der Waals surface area (Å²) in [4.78, 5) is 11.8. The first-order valence-corrected chi connectivity index (χ1v) is 6.32. The molecule has 2 unspecified atom stereocenters. The summed E-state index contributed by atoms with van der Waals surface area (Å²) in [5.74, 6) is 1.27. The zero-order valence-electron chi connectivity index (χ0n) is 11.9. The lowest BCUT2D eigenvalue weighted by Gasteiger charge is -2.17. The predicted molar refractivity (Wildman–Crippen MR) is 74.6 cm³/mol. The van der Waals surface area contributed by atoms with Crippen LogP contribution in [0, 0.1) is 0 Å². The van der Waals surface area contributed by atoms with Crippen LogP contribution < -0.4 is 20.1 Å². The Morgan fingerprint density at radius 1 is 1.21 bits per heavy atom. The number of benzene rings is 1. The average molecular weight is 266 g/mol. The summed E-state index contributed by atoms with van der Waals surface area (Å²) in [5, 5.41) is 5.88. The van der Waals surface area contributed by atoms with Crippen molar-refractivity contribution in [2.24, 2.45) is 0 Å². The SMILES string of the molecule is CNC(C)CNC(=O)C(C)Oc1ccc(OC)cc1. The molecule has 0 spiro atoms. The number of likely N-dealkylation sites (N-methyl/N-ethyl adjacent to an activating group) is 1. The number of ether oxygens (including phenoxy) is 2. The Hall–Kier alpha value is -1.75. The van der Waals surface area contributed by atoms with Gasteiger partial charge in [0.15, 0.2) is 6.10 Å². The lowest BCUT2D eigenvalue weighted by atomic mass is 10.3. The van der Waals surface area contributed by atoms with Gasteiger partial charge in [0.1, 0.15) is 11.5 Å². The van der Waals surface area contributed by atoms with E-state index in [1.807, 2.05) is 14.0 Å². The zero-order chi connectivity index (χ0) is 14.3. The molecular formula is C14H22N2O3. The van der Waals surface area contributed by atoms with E-state index >= 15 is 0 Å². The van der Waals surface area contributed by atoms with E-state index in [1.54, 1.807) is 38.3 Å². The van der Waals surface area contributed by atoms with Crippen molar-refractivity contribution in [2.75, 3.05) is 20.7 Å². The van der Waals surface area contributed by atoms with Crippen molar-refractivity contribution in [3.63, 3.8) is 0 Å². The summed E-state index contributed by atoms with van der Waals surface area (Å²) in [5.41, 5.74) is 0. The Labute approximate surface area is 114 Å². The van der Waals surface area contributed by atoms with E-state index in [9.17, 15) is 4.79 Å². The molecule has 0 aliphatic carbocycles. The van der Waals surface area contributed by atoms with Gasteiger partial charge >= 0.3 is 0 Å². The third kappa shape index (κ3) is 5.18. The summed E-state index contributed by atoms with van der Waals surface area (Å²) in [6, 6.07) is 7.38. The zero-order valence-corrected chi connectivity index (χ0v) is 11.9. The lowest BCUT2D eigenvalue weighted by molar-refractivity contribution is -0.127. The minimum absolute atomic E-state index is 0.127. The van der Waals surface area contributed by atoms with Crippen molar-refractivity contribution in [2.45, 2.75) is 26.0 Å². The minimum Gasteiger partial charge on any atom is -0.497 e. The summed E-state index contributed by atoms with van der Waals surface area (Å²) < 4.78 is 10.6. The van der Waals surface area contributed by atoms with Gasteiger partial charge in [0, 0.05) is 12.6 Å². The Kier molecular flexibility index (Phi) is 6.15. The molecule has 0 radical (unpaired) electrons. The van der Waals surface area contributed by atoms with Gasteiger partial charge in [0.25, 0.3) is 5.91 Å². The number of methoxy groups -OCH3 is 1. The van der Waals surface area contributed by atoms with Crippen molar-refractivity contribution in [3.8, 4) is 11.5 Å². The van der Waals surface area contributed by atoms with Gasteiger partial charge in [0.05, 0.1) is 7.11 Å². The molecule has 1 aromatic rings. The van der Waals surface area contributed by atoms with Crippen LogP contribution in [0.1, 0.15) is 13.8 Å². The van der Waals surface area contributed by atoms with E-state index in [1.165, 1.54) is 0 Å². The second-order valence-electron chi connectivity index (χ2n) is 4.37. The quantitative estimate of drug-likeness (QED) is 0.778. The number of amides is 1. The Morgan fingerprint density at radius 3 is 2.32 bits per heavy atom. The van der Waals surface area contributed by atoms with Gasteiger partial charge in [-0.05, 0) is 45.2 Å². The van der Waals surface area contributed by atoms with E-state index in [0.29, 0.717) is 12.3 Å². The van der Waals surface area contributed by atoms with Crippen molar-refractivity contribution in [3.05, 3.63) is 24.3 Å². The molecule has 0 aliphatic heterocycles. The fourth-order valence-corrected chi connectivity index (χ4v) is 1.41. The number of rotatable bonds is 7. The maximum atomic E-state index is 11.8. The normalized spacial score (nSPS) is 13.5. The molecule has 1 rings (SSSR count). The number of hydrogen-bond acceptors (Lipinski definition) is 4. The summed E-state index contributed by atoms with van der Waals surface area (Å²) in [6.07, 6.45) is -0.530. The summed E-state index contributed by atoms with van der Waals surface area (Å²) in [7, 11) is 3.46. The van der Waals surface area contributed by atoms with Gasteiger partial charge in [-0.15, -0.1) is 0 Å². The average Bonchev–Trinajstić information content (AvgIpc) is 2.44. The van der Waals surface area contributed by atoms with Crippen molar-refractivity contribution in [1.82, 2.24) is 10.6 Å². The van der Waals surface area contributed by atoms with Crippen LogP contribution >= 0.6 is 0 Å². The molecule has 0 heterocycles. The van der Waals surface area contributed by atoms with Crippen LogP contribution in [0.3, 0.4) is 0 Å². The van der Waals surface area contributed by atoms with E-state index < -0.39 is 6.10 Å². The highest BCUT2D eigenvalue weighted by Crippen LogP contribution is 2.18. The van der Waals surface area contributed by atoms with Crippen LogP contribution in [0.4, 0.5) is 0 Å². The van der Waals surface area contributed by atoms with Crippen molar-refractivity contribution >= 4 is 5.91 Å². The van der Waals surface area contributed by atoms with Crippen LogP contribution in [0.25, 0.3) is 0 Å². The molecule has 0 aromatic heterocycles. The Bertz CT molecular complexity index is 392. The largest absolute Gasteiger partial charge is 0.497 e. The topological polar surface area (TPSA) is 59.6 Å². The second kappa shape index (κ2) is 7.63. The molecule has 0 bridgehead atoms. The third-order valence-electron chi connectivity index (χ3n) is 2.82. The molecule has 1 aromatic carbocycles. The van der Waals surface area contributed by atoms with Crippen LogP contribution in [-0.4, -0.2) is 38.8 Å². The second-order valence-corrected chi connectivity index (χ2v) is 4.37. The molecule has 2 atom stereocenters. The monoisotopic (exact) mass is 266 g/mol. The summed E-state index contributed by atoms with van der Waals surface area (Å²) >= 11 is 0. The van der Waals surface area contributed by atoms with Crippen LogP contribution in [-0.2, 0) is 4.79 Å².